The van der Waals surface area contributed by atoms with Crippen LogP contribution in [0.3, 0.4) is 0 Å². The second-order valence-electron chi connectivity index (χ2n) is 3.29. The van der Waals surface area contributed by atoms with Crippen LogP contribution in [0.1, 0.15) is 11.1 Å². The summed E-state index contributed by atoms with van der Waals surface area (Å²) >= 11 is 0. The molecule has 88 valence electrons. The van der Waals surface area contributed by atoms with Crippen molar-refractivity contribution in [1.82, 2.24) is 0 Å². The Morgan fingerprint density at radius 2 is 1.88 bits per heavy atom. The van der Waals surface area contributed by atoms with Gasteiger partial charge in [0.25, 0.3) is 5.69 Å². The van der Waals surface area contributed by atoms with Gasteiger partial charge in [-0.2, -0.15) is 8.42 Å². The first-order chi connectivity index (χ1) is 7.20. The van der Waals surface area contributed by atoms with Gasteiger partial charge in [0, 0.05) is 11.6 Å². The first-order valence-electron chi connectivity index (χ1n) is 4.21. The van der Waals surface area contributed by atoms with Gasteiger partial charge in [-0.05, 0) is 25.5 Å². The van der Waals surface area contributed by atoms with Gasteiger partial charge < -0.3 is 0 Å². The molecule has 1 rings (SSSR count). The van der Waals surface area contributed by atoms with Crippen molar-refractivity contribution in [1.29, 1.82) is 0 Å². The van der Waals surface area contributed by atoms with E-state index in [0.29, 0.717) is 11.1 Å². The van der Waals surface area contributed by atoms with E-state index in [4.69, 9.17) is 4.55 Å². The number of benzene rings is 1. The van der Waals surface area contributed by atoms with Crippen molar-refractivity contribution in [3.63, 3.8) is 0 Å². The van der Waals surface area contributed by atoms with Crippen LogP contribution in [-0.4, -0.2) is 17.9 Å². The Labute approximate surface area is 92.1 Å². The Hall–Kier alpha value is -1.67. The molecule has 0 bridgehead atoms. The predicted molar refractivity (Wildman–Crippen MR) is 57.7 cm³/mol. The van der Waals surface area contributed by atoms with Crippen molar-refractivity contribution in [2.75, 3.05) is 4.72 Å². The number of nitro groups is 1. The Bertz CT molecular complexity index is 538. The zero-order chi connectivity index (χ0) is 12.5. The molecule has 0 saturated carbocycles. The van der Waals surface area contributed by atoms with Crippen LogP contribution in [0, 0.1) is 24.0 Å². The van der Waals surface area contributed by atoms with Gasteiger partial charge in [-0.15, -0.1) is 0 Å². The van der Waals surface area contributed by atoms with Gasteiger partial charge >= 0.3 is 10.3 Å². The van der Waals surface area contributed by atoms with E-state index in [0.717, 1.165) is 6.07 Å². The Balaban J connectivity index is 3.31. The smallest absolute Gasteiger partial charge is 0.269 e. The summed E-state index contributed by atoms with van der Waals surface area (Å²) in [7, 11) is -4.43. The van der Waals surface area contributed by atoms with E-state index in [1.807, 2.05) is 0 Å². The lowest BCUT2D eigenvalue weighted by Crippen LogP contribution is -2.11. The number of anilines is 1. The SMILES string of the molecule is Cc1cc(C)c([N+](=O)[O-])cc1NS(=O)(=O)O. The molecule has 0 aliphatic heterocycles. The maximum absolute atomic E-state index is 10.6. The lowest BCUT2D eigenvalue weighted by atomic mass is 10.1. The molecule has 2 N–H and O–H groups in total. The Kier molecular flexibility index (Phi) is 3.15. The molecule has 8 heteroatoms. The van der Waals surface area contributed by atoms with Crippen LogP contribution in [0.15, 0.2) is 12.1 Å². The van der Waals surface area contributed by atoms with Crippen molar-refractivity contribution < 1.29 is 17.9 Å². The first kappa shape index (κ1) is 12.4. The fraction of sp³-hybridized carbons (Fsp3) is 0.250. The van der Waals surface area contributed by atoms with Gasteiger partial charge in [0.2, 0.25) is 0 Å². The number of nitrogens with one attached hydrogen (secondary N) is 1. The minimum absolute atomic E-state index is 0.0141. The fourth-order valence-electron chi connectivity index (χ4n) is 1.29. The predicted octanol–water partition coefficient (Wildman–Crippen LogP) is 1.43. The highest BCUT2D eigenvalue weighted by Gasteiger charge is 2.15. The molecule has 1 aromatic rings. The fourth-order valence-corrected chi connectivity index (χ4v) is 1.78. The van der Waals surface area contributed by atoms with E-state index in [-0.39, 0.29) is 11.4 Å². The number of hydrogen-bond acceptors (Lipinski definition) is 4. The summed E-state index contributed by atoms with van der Waals surface area (Å²) in [6, 6.07) is 2.53. The lowest BCUT2D eigenvalue weighted by Gasteiger charge is -2.07. The van der Waals surface area contributed by atoms with Crippen LogP contribution in [-0.2, 0) is 10.3 Å². The number of aryl methyl sites for hydroxylation is 2. The van der Waals surface area contributed by atoms with Gasteiger partial charge in [0.15, 0.2) is 0 Å². The van der Waals surface area contributed by atoms with Crippen LogP contribution in [0.25, 0.3) is 0 Å². The molecule has 0 atom stereocenters. The number of rotatable bonds is 3. The summed E-state index contributed by atoms with van der Waals surface area (Å²) in [6.45, 7) is 3.12. The first-order valence-corrected chi connectivity index (χ1v) is 5.65. The molecule has 0 amide bonds. The van der Waals surface area contributed by atoms with E-state index in [2.05, 4.69) is 0 Å². The van der Waals surface area contributed by atoms with E-state index in [1.54, 1.807) is 18.6 Å². The highest BCUT2D eigenvalue weighted by Crippen LogP contribution is 2.26. The zero-order valence-electron chi connectivity index (χ0n) is 8.59. The third-order valence-corrected chi connectivity index (χ3v) is 2.46. The van der Waals surface area contributed by atoms with Gasteiger partial charge in [0.05, 0.1) is 10.6 Å². The highest BCUT2D eigenvalue weighted by molar-refractivity contribution is 7.87. The molecule has 0 aliphatic rings. The summed E-state index contributed by atoms with van der Waals surface area (Å²) in [5.41, 5.74) is 0.681. The molecule has 0 unspecified atom stereocenters. The van der Waals surface area contributed by atoms with Gasteiger partial charge in [-0.1, -0.05) is 0 Å². The van der Waals surface area contributed by atoms with Gasteiger partial charge in [0.1, 0.15) is 0 Å². The van der Waals surface area contributed by atoms with E-state index in [9.17, 15) is 18.5 Å². The summed E-state index contributed by atoms with van der Waals surface area (Å²) in [5, 5.41) is 10.6. The molecule has 16 heavy (non-hydrogen) atoms. The summed E-state index contributed by atoms with van der Waals surface area (Å²) < 4.78 is 31.6. The van der Waals surface area contributed by atoms with Crippen LogP contribution < -0.4 is 4.72 Å². The molecule has 0 aliphatic carbocycles. The maximum Gasteiger partial charge on any atom is 0.357 e. The average molecular weight is 246 g/mol. The van der Waals surface area contributed by atoms with E-state index >= 15 is 0 Å². The minimum Gasteiger partial charge on any atom is -0.269 e. The van der Waals surface area contributed by atoms with Gasteiger partial charge in [-0.3, -0.25) is 19.4 Å². The molecule has 0 radical (unpaired) electrons. The number of nitro benzene ring substituents is 1. The Morgan fingerprint density at radius 3 is 2.31 bits per heavy atom. The monoisotopic (exact) mass is 246 g/mol. The Morgan fingerprint density at radius 1 is 1.31 bits per heavy atom. The second-order valence-corrected chi connectivity index (χ2v) is 4.44. The standard InChI is InChI=1S/C8H10N2O5S/c1-5-3-6(2)8(10(11)12)4-7(5)9-16(13,14)15/h3-4,9H,1-2H3,(H,13,14,15). The van der Waals surface area contributed by atoms with Crippen molar-refractivity contribution >= 4 is 21.7 Å². The van der Waals surface area contributed by atoms with Crippen LogP contribution in [0.4, 0.5) is 11.4 Å². The number of hydrogen-bond donors (Lipinski definition) is 2. The maximum atomic E-state index is 10.6. The van der Waals surface area contributed by atoms with Crippen molar-refractivity contribution in [2.45, 2.75) is 13.8 Å². The van der Waals surface area contributed by atoms with Crippen molar-refractivity contribution in [3.05, 3.63) is 33.4 Å². The summed E-state index contributed by atoms with van der Waals surface area (Å²) in [4.78, 5) is 10.00. The zero-order valence-corrected chi connectivity index (χ0v) is 9.41. The minimum atomic E-state index is -4.43. The van der Waals surface area contributed by atoms with Gasteiger partial charge in [-0.25, -0.2) is 0 Å². The molecule has 1 aromatic carbocycles. The molecule has 0 spiro atoms. The quantitative estimate of drug-likeness (QED) is 0.476. The largest absolute Gasteiger partial charge is 0.357 e. The van der Waals surface area contributed by atoms with E-state index in [1.165, 1.54) is 6.07 Å². The molecule has 0 heterocycles. The molecular weight excluding hydrogens is 236 g/mol. The van der Waals surface area contributed by atoms with Crippen LogP contribution >= 0.6 is 0 Å². The van der Waals surface area contributed by atoms with Crippen LogP contribution in [0.5, 0.6) is 0 Å². The van der Waals surface area contributed by atoms with E-state index < -0.39 is 15.2 Å². The topological polar surface area (TPSA) is 110 Å². The number of nitrogens with zero attached hydrogens (tertiary/aromatic N) is 1. The molecule has 0 aromatic heterocycles. The average Bonchev–Trinajstić information content (AvgIpc) is 2.07. The molecular formula is C8H10N2O5S. The summed E-state index contributed by atoms with van der Waals surface area (Å²) in [5.74, 6) is 0. The lowest BCUT2D eigenvalue weighted by molar-refractivity contribution is -0.385. The molecule has 7 nitrogen and oxygen atoms in total. The van der Waals surface area contributed by atoms with Crippen LogP contribution in [0.2, 0.25) is 0 Å². The third-order valence-electron chi connectivity index (χ3n) is 1.98. The highest BCUT2D eigenvalue weighted by atomic mass is 32.2. The molecule has 0 fully saturated rings. The van der Waals surface area contributed by atoms with Crippen molar-refractivity contribution in [2.24, 2.45) is 0 Å². The van der Waals surface area contributed by atoms with Crippen molar-refractivity contribution in [3.8, 4) is 0 Å². The summed E-state index contributed by atoms with van der Waals surface area (Å²) in [6.07, 6.45) is 0. The normalized spacial score (nSPS) is 11.2. The third kappa shape index (κ3) is 2.91. The second kappa shape index (κ2) is 4.06. The molecule has 0 saturated heterocycles.